The second-order valence-electron chi connectivity index (χ2n) is 8.08. The van der Waals surface area contributed by atoms with Crippen LogP contribution in [0.1, 0.15) is 14.4 Å². The first-order valence-corrected chi connectivity index (χ1v) is 11.4. The summed E-state index contributed by atoms with van der Waals surface area (Å²) in [7, 11) is 2.11. The minimum absolute atomic E-state index is 0. The van der Waals surface area contributed by atoms with Gasteiger partial charge in [-0.3, -0.25) is 0 Å². The van der Waals surface area contributed by atoms with Crippen LogP contribution in [0.4, 0.5) is 5.69 Å². The van der Waals surface area contributed by atoms with Crippen molar-refractivity contribution in [1.29, 1.82) is 0 Å². The molecule has 3 heteroatoms. The fourth-order valence-corrected chi connectivity index (χ4v) is 4.39. The third-order valence-corrected chi connectivity index (χ3v) is 5.91. The summed E-state index contributed by atoms with van der Waals surface area (Å²) in [6, 6.07) is 38.1. The molecule has 5 aromatic rings. The topological polar surface area (TPSA) is 29.9 Å². The number of aromatic nitrogens is 2. The van der Waals surface area contributed by atoms with Gasteiger partial charge in [0.1, 0.15) is 5.82 Å². The average molecular weight is 446 g/mol. The SMILES string of the molecule is C.CCNc1cccc(-c2ccccc2-c2nc(-c3ccccc3)c(-c3ccccc3)n2C)c1. The second-order valence-corrected chi connectivity index (χ2v) is 8.08. The Labute approximate surface area is 202 Å². The van der Waals surface area contributed by atoms with Gasteiger partial charge in [-0.25, -0.2) is 4.98 Å². The fourth-order valence-electron chi connectivity index (χ4n) is 4.39. The molecule has 0 saturated heterocycles. The van der Waals surface area contributed by atoms with Crippen molar-refractivity contribution in [3.8, 4) is 45.0 Å². The molecule has 4 aromatic carbocycles. The van der Waals surface area contributed by atoms with Gasteiger partial charge in [0.05, 0.1) is 11.4 Å². The van der Waals surface area contributed by atoms with Crippen molar-refractivity contribution in [2.75, 3.05) is 11.9 Å². The molecule has 0 fully saturated rings. The van der Waals surface area contributed by atoms with E-state index in [1.54, 1.807) is 0 Å². The van der Waals surface area contributed by atoms with E-state index in [2.05, 4.69) is 127 Å². The van der Waals surface area contributed by atoms with E-state index < -0.39 is 0 Å². The van der Waals surface area contributed by atoms with E-state index in [9.17, 15) is 0 Å². The van der Waals surface area contributed by atoms with E-state index in [-0.39, 0.29) is 7.43 Å². The summed E-state index contributed by atoms with van der Waals surface area (Å²) in [5.41, 5.74) is 8.98. The van der Waals surface area contributed by atoms with Crippen molar-refractivity contribution in [2.45, 2.75) is 14.4 Å². The molecule has 170 valence electrons. The molecular formula is C31H31N3. The molecule has 5 rings (SSSR count). The Morgan fingerprint density at radius 1 is 0.676 bits per heavy atom. The first-order valence-electron chi connectivity index (χ1n) is 11.4. The Kier molecular flexibility index (Phi) is 6.93. The molecule has 0 bridgehead atoms. The summed E-state index contributed by atoms with van der Waals surface area (Å²) < 4.78 is 2.23. The van der Waals surface area contributed by atoms with Crippen LogP contribution in [0, 0.1) is 0 Å². The molecule has 1 N–H and O–H groups in total. The van der Waals surface area contributed by atoms with E-state index in [1.165, 1.54) is 11.1 Å². The zero-order valence-electron chi connectivity index (χ0n) is 19.0. The van der Waals surface area contributed by atoms with Crippen molar-refractivity contribution < 1.29 is 0 Å². The van der Waals surface area contributed by atoms with Crippen LogP contribution in [0.25, 0.3) is 45.0 Å². The number of anilines is 1. The third-order valence-electron chi connectivity index (χ3n) is 5.91. The van der Waals surface area contributed by atoms with Crippen molar-refractivity contribution in [2.24, 2.45) is 7.05 Å². The summed E-state index contributed by atoms with van der Waals surface area (Å²) in [4.78, 5) is 5.22. The number of nitrogens with one attached hydrogen (secondary N) is 1. The third kappa shape index (κ3) is 4.38. The quantitative estimate of drug-likeness (QED) is 0.286. The molecule has 0 aliphatic rings. The summed E-state index contributed by atoms with van der Waals surface area (Å²) in [5, 5.41) is 3.42. The number of imidazole rings is 1. The van der Waals surface area contributed by atoms with Gasteiger partial charge in [-0.15, -0.1) is 0 Å². The van der Waals surface area contributed by atoms with Gasteiger partial charge in [-0.2, -0.15) is 0 Å². The molecule has 1 aromatic heterocycles. The minimum Gasteiger partial charge on any atom is -0.385 e. The molecule has 0 spiro atoms. The van der Waals surface area contributed by atoms with E-state index in [4.69, 9.17) is 4.98 Å². The number of nitrogens with zero attached hydrogens (tertiary/aromatic N) is 2. The Balaban J connectivity index is 0.00000274. The van der Waals surface area contributed by atoms with Gasteiger partial charge in [-0.1, -0.05) is 104 Å². The Hall–Kier alpha value is -4.11. The average Bonchev–Trinajstić information content (AvgIpc) is 3.22. The van der Waals surface area contributed by atoms with Crippen molar-refractivity contribution in [1.82, 2.24) is 9.55 Å². The lowest BCUT2D eigenvalue weighted by atomic mass is 9.98. The lowest BCUT2D eigenvalue weighted by Gasteiger charge is -2.12. The molecule has 0 aliphatic carbocycles. The fraction of sp³-hybridized carbons (Fsp3) is 0.129. The van der Waals surface area contributed by atoms with Crippen molar-refractivity contribution >= 4 is 5.69 Å². The molecule has 34 heavy (non-hydrogen) atoms. The Morgan fingerprint density at radius 3 is 1.94 bits per heavy atom. The van der Waals surface area contributed by atoms with E-state index in [1.807, 2.05) is 6.07 Å². The van der Waals surface area contributed by atoms with Gasteiger partial charge >= 0.3 is 0 Å². The van der Waals surface area contributed by atoms with Gasteiger partial charge in [0.2, 0.25) is 0 Å². The van der Waals surface area contributed by atoms with Crippen LogP contribution in [0.2, 0.25) is 0 Å². The number of hydrogen-bond acceptors (Lipinski definition) is 2. The van der Waals surface area contributed by atoms with Gasteiger partial charge in [0.15, 0.2) is 0 Å². The van der Waals surface area contributed by atoms with Crippen LogP contribution in [0.5, 0.6) is 0 Å². The Morgan fingerprint density at radius 2 is 1.26 bits per heavy atom. The minimum atomic E-state index is 0. The summed E-state index contributed by atoms with van der Waals surface area (Å²) in [6.45, 7) is 3.01. The first kappa shape index (κ1) is 23.1. The molecule has 0 amide bonds. The lowest BCUT2D eigenvalue weighted by Crippen LogP contribution is -1.98. The van der Waals surface area contributed by atoms with Crippen LogP contribution < -0.4 is 5.32 Å². The highest BCUT2D eigenvalue weighted by Crippen LogP contribution is 2.38. The van der Waals surface area contributed by atoms with Gasteiger partial charge in [0.25, 0.3) is 0 Å². The maximum atomic E-state index is 5.22. The second kappa shape index (κ2) is 10.2. The molecule has 1 heterocycles. The first-order chi connectivity index (χ1) is 16.3. The van der Waals surface area contributed by atoms with Crippen molar-refractivity contribution in [3.05, 3.63) is 109 Å². The van der Waals surface area contributed by atoms with E-state index >= 15 is 0 Å². The van der Waals surface area contributed by atoms with Crippen LogP contribution in [-0.2, 0) is 7.05 Å². The Bertz CT molecular complexity index is 1370. The number of benzene rings is 4. The zero-order valence-corrected chi connectivity index (χ0v) is 19.0. The molecule has 0 radical (unpaired) electrons. The normalized spacial score (nSPS) is 10.5. The highest BCUT2D eigenvalue weighted by atomic mass is 15.1. The standard InChI is InChI=1S/C30H27N3.CH4/c1-3-31-25-18-12-17-24(21-25)26-19-10-11-20-27(26)30-32-28(22-13-6-4-7-14-22)29(33(30)2)23-15-8-5-9-16-23;/h4-21,31H,3H2,1-2H3;1H4. The molecular weight excluding hydrogens is 414 g/mol. The summed E-state index contributed by atoms with van der Waals surface area (Å²) in [6.07, 6.45) is 0. The predicted molar refractivity (Wildman–Crippen MR) is 146 cm³/mol. The molecule has 0 unspecified atom stereocenters. The van der Waals surface area contributed by atoms with Crippen LogP contribution in [0.3, 0.4) is 0 Å². The largest absolute Gasteiger partial charge is 0.385 e. The summed E-state index contributed by atoms with van der Waals surface area (Å²) in [5.74, 6) is 0.956. The maximum Gasteiger partial charge on any atom is 0.141 e. The molecule has 0 aliphatic heterocycles. The number of rotatable bonds is 6. The maximum absolute atomic E-state index is 5.22. The van der Waals surface area contributed by atoms with Crippen LogP contribution in [0.15, 0.2) is 109 Å². The van der Waals surface area contributed by atoms with Crippen molar-refractivity contribution in [3.63, 3.8) is 0 Å². The zero-order chi connectivity index (χ0) is 22.6. The number of hydrogen-bond donors (Lipinski definition) is 1. The van der Waals surface area contributed by atoms with Crippen LogP contribution >= 0.6 is 0 Å². The van der Waals surface area contributed by atoms with Gasteiger partial charge in [0, 0.05) is 36.0 Å². The lowest BCUT2D eigenvalue weighted by molar-refractivity contribution is 0.933. The molecule has 0 atom stereocenters. The predicted octanol–water partition coefficient (Wildman–Crippen LogP) is 8.16. The van der Waals surface area contributed by atoms with E-state index in [0.29, 0.717) is 0 Å². The van der Waals surface area contributed by atoms with Gasteiger partial charge < -0.3 is 9.88 Å². The van der Waals surface area contributed by atoms with E-state index in [0.717, 1.165) is 46.1 Å². The van der Waals surface area contributed by atoms with Crippen LogP contribution in [-0.4, -0.2) is 16.1 Å². The highest BCUT2D eigenvalue weighted by molar-refractivity contribution is 5.87. The smallest absolute Gasteiger partial charge is 0.141 e. The highest BCUT2D eigenvalue weighted by Gasteiger charge is 2.20. The monoisotopic (exact) mass is 445 g/mol. The van der Waals surface area contributed by atoms with Gasteiger partial charge in [-0.05, 0) is 30.2 Å². The molecule has 0 saturated carbocycles. The summed E-state index contributed by atoms with van der Waals surface area (Å²) >= 11 is 0. The molecule has 3 nitrogen and oxygen atoms in total.